The molecule has 2 aromatic heterocycles. The molecule has 0 radical (unpaired) electrons. The van der Waals surface area contributed by atoms with Crippen LogP contribution in [-0.2, 0) is 16.6 Å². The molecule has 228 valence electrons. The molecule has 2 aliphatic rings. The van der Waals surface area contributed by atoms with Crippen molar-refractivity contribution in [2.45, 2.75) is 52.1 Å². The minimum Gasteiger partial charge on any atom is -0.419 e. The average molecular weight is 603 g/mol. The van der Waals surface area contributed by atoms with Crippen LogP contribution in [0.3, 0.4) is 0 Å². The first-order chi connectivity index (χ1) is 20.3. The first kappa shape index (κ1) is 30.7. The predicted molar refractivity (Wildman–Crippen MR) is 171 cm³/mol. The van der Waals surface area contributed by atoms with E-state index in [1.807, 2.05) is 30.3 Å². The van der Waals surface area contributed by atoms with E-state index in [0.717, 1.165) is 31.5 Å². The fraction of sp³-hybridized carbons (Fsp3) is 0.424. The van der Waals surface area contributed by atoms with Gasteiger partial charge >= 0.3 is 0 Å². The van der Waals surface area contributed by atoms with Crippen LogP contribution in [0.25, 0.3) is 11.5 Å². The molecule has 3 heterocycles. The van der Waals surface area contributed by atoms with Crippen molar-refractivity contribution in [1.82, 2.24) is 20.5 Å². The quantitative estimate of drug-likeness (QED) is 0.235. The smallest absolute Gasteiger partial charge is 0.248 e. The van der Waals surface area contributed by atoms with Crippen LogP contribution in [0.5, 0.6) is 0 Å². The maximum atomic E-state index is 12.6. The maximum absolute atomic E-state index is 12.6. The van der Waals surface area contributed by atoms with E-state index in [4.69, 9.17) is 9.40 Å². The van der Waals surface area contributed by atoms with Crippen molar-refractivity contribution in [3.05, 3.63) is 89.8 Å². The summed E-state index contributed by atoms with van der Waals surface area (Å²) in [7, 11) is -2.03. The third-order valence-electron chi connectivity index (χ3n) is 8.53. The van der Waals surface area contributed by atoms with E-state index in [-0.39, 0.29) is 19.4 Å². The van der Waals surface area contributed by atoms with Crippen molar-refractivity contribution in [1.29, 1.82) is 0 Å². The lowest BCUT2D eigenvalue weighted by Crippen LogP contribution is -2.33. The maximum Gasteiger partial charge on any atom is 0.248 e. The molecule has 9 nitrogen and oxygen atoms in total. The Morgan fingerprint density at radius 1 is 1.00 bits per heavy atom. The monoisotopic (exact) mass is 602 g/mol. The van der Waals surface area contributed by atoms with Crippen molar-refractivity contribution >= 4 is 21.7 Å². The summed E-state index contributed by atoms with van der Waals surface area (Å²) in [4.78, 5) is 7.08. The number of sulfonamides is 1. The number of hydrogen-bond donors (Lipinski definition) is 1. The molecule has 2 unspecified atom stereocenters. The Kier molecular flexibility index (Phi) is 9.17. The largest absolute Gasteiger partial charge is 0.419 e. The third kappa shape index (κ3) is 7.08. The van der Waals surface area contributed by atoms with E-state index in [1.54, 1.807) is 6.07 Å². The Bertz CT molecular complexity index is 1610. The molecule has 1 saturated heterocycles. The first-order valence-electron chi connectivity index (χ1n) is 14.6. The number of aromatic nitrogens is 3. The van der Waals surface area contributed by atoms with Crippen LogP contribution in [0.4, 0.5) is 11.6 Å². The van der Waals surface area contributed by atoms with Gasteiger partial charge in [0, 0.05) is 31.6 Å². The van der Waals surface area contributed by atoms with Crippen LogP contribution in [0, 0.1) is 11.8 Å². The van der Waals surface area contributed by atoms with Gasteiger partial charge in [-0.15, -0.1) is 10.2 Å². The second-order valence-electron chi connectivity index (χ2n) is 11.7. The van der Waals surface area contributed by atoms with Gasteiger partial charge in [-0.25, -0.2) is 13.4 Å². The van der Waals surface area contributed by atoms with E-state index in [9.17, 15) is 8.42 Å². The second-order valence-corrected chi connectivity index (χ2v) is 13.7. The molecular formula is C33H42N6O3S. The number of rotatable bonds is 10. The molecule has 4 aromatic rings. The standard InChI is InChI=1S/C32H38N6O3S.CH4/c1-22-17-26(22)21-38(20-23-11-6-4-7-12-23)29-19-25(18-28(34-29)37(2)42(3,39)40)31-35-36-32(41-31)30-27(15-10-16-33-30)24-13-8-5-9-14-24;/h4-9,11-14,18-19,22,26-27,30,33H,10,15-17,20-21H2,1-3H3;1H4/t22-,26+,27?,30?;/m0./s1. The topological polar surface area (TPSA) is 104 Å². The molecule has 2 fully saturated rings. The van der Waals surface area contributed by atoms with Gasteiger partial charge < -0.3 is 14.6 Å². The number of benzene rings is 2. The van der Waals surface area contributed by atoms with E-state index in [1.165, 1.54) is 29.6 Å². The number of pyridine rings is 1. The lowest BCUT2D eigenvalue weighted by molar-refractivity contribution is 0.303. The molecule has 43 heavy (non-hydrogen) atoms. The van der Waals surface area contributed by atoms with Crippen LogP contribution in [0.2, 0.25) is 0 Å². The molecule has 0 spiro atoms. The summed E-state index contributed by atoms with van der Waals surface area (Å²) in [6.07, 6.45) is 4.45. The van der Waals surface area contributed by atoms with Gasteiger partial charge in [0.05, 0.1) is 12.3 Å². The number of anilines is 2. The van der Waals surface area contributed by atoms with Gasteiger partial charge in [0.2, 0.25) is 21.8 Å². The zero-order chi connectivity index (χ0) is 29.3. The molecule has 0 bridgehead atoms. The van der Waals surface area contributed by atoms with E-state index in [2.05, 4.69) is 63.7 Å². The van der Waals surface area contributed by atoms with Crippen LogP contribution in [0.1, 0.15) is 62.6 Å². The van der Waals surface area contributed by atoms with Crippen molar-refractivity contribution < 1.29 is 12.8 Å². The summed E-state index contributed by atoms with van der Waals surface area (Å²) in [5, 5.41) is 12.5. The number of nitrogens with zero attached hydrogens (tertiary/aromatic N) is 5. The molecular weight excluding hydrogens is 560 g/mol. The summed E-state index contributed by atoms with van der Waals surface area (Å²) in [5.41, 5.74) is 3.04. The van der Waals surface area contributed by atoms with Crippen LogP contribution < -0.4 is 14.5 Å². The lowest BCUT2D eigenvalue weighted by atomic mass is 9.85. The summed E-state index contributed by atoms with van der Waals surface area (Å²) in [6, 6.07) is 24.2. The molecule has 1 aliphatic heterocycles. The van der Waals surface area contributed by atoms with Crippen LogP contribution >= 0.6 is 0 Å². The fourth-order valence-corrected chi connectivity index (χ4v) is 6.22. The highest BCUT2D eigenvalue weighted by molar-refractivity contribution is 7.92. The van der Waals surface area contributed by atoms with Crippen molar-refractivity contribution in [2.75, 3.05) is 35.6 Å². The van der Waals surface area contributed by atoms with Gasteiger partial charge in [-0.05, 0) is 60.9 Å². The van der Waals surface area contributed by atoms with E-state index >= 15 is 0 Å². The Morgan fingerprint density at radius 2 is 1.67 bits per heavy atom. The zero-order valence-corrected chi connectivity index (χ0v) is 25.2. The molecule has 1 saturated carbocycles. The van der Waals surface area contributed by atoms with Gasteiger partial charge in [-0.3, -0.25) is 4.31 Å². The highest BCUT2D eigenvalue weighted by Crippen LogP contribution is 2.41. The normalized spacial score (nSPS) is 21.6. The SMILES string of the molecule is C.C[C@H]1C[C@@H]1CN(Cc1ccccc1)c1cc(-c2nnc(C3NCCCC3c3ccccc3)o2)cc(N(C)S(C)(=O)=O)n1. The molecule has 1 N–H and O–H groups in total. The number of hydrogen-bond acceptors (Lipinski definition) is 8. The van der Waals surface area contributed by atoms with Crippen LogP contribution in [0.15, 0.2) is 77.2 Å². The summed E-state index contributed by atoms with van der Waals surface area (Å²) >= 11 is 0. The molecule has 10 heteroatoms. The van der Waals surface area contributed by atoms with Gasteiger partial charge in [0.25, 0.3) is 0 Å². The summed E-state index contributed by atoms with van der Waals surface area (Å²) < 4.78 is 32.7. The highest BCUT2D eigenvalue weighted by Gasteiger charge is 2.35. The van der Waals surface area contributed by atoms with E-state index in [0.29, 0.717) is 47.4 Å². The van der Waals surface area contributed by atoms with Crippen LogP contribution in [-0.4, -0.2) is 50.0 Å². The second kappa shape index (κ2) is 12.9. The third-order valence-corrected chi connectivity index (χ3v) is 9.71. The Hall–Kier alpha value is -3.76. The predicted octanol–water partition coefficient (Wildman–Crippen LogP) is 6.03. The zero-order valence-electron chi connectivity index (χ0n) is 24.3. The summed E-state index contributed by atoms with van der Waals surface area (Å²) in [5.74, 6) is 3.30. The Balaban J connectivity index is 0.00000368. The first-order valence-corrected chi connectivity index (χ1v) is 16.5. The molecule has 0 amide bonds. The number of piperidine rings is 1. The van der Waals surface area contributed by atoms with Gasteiger partial charge in [-0.1, -0.05) is 75.0 Å². The highest BCUT2D eigenvalue weighted by atomic mass is 32.2. The lowest BCUT2D eigenvalue weighted by Gasteiger charge is -2.30. The number of nitrogens with one attached hydrogen (secondary N) is 1. The van der Waals surface area contributed by atoms with E-state index < -0.39 is 10.0 Å². The molecule has 4 atom stereocenters. The molecule has 2 aromatic carbocycles. The fourth-order valence-electron chi connectivity index (χ4n) is 5.78. The van der Waals surface area contributed by atoms with Crippen molar-refractivity contribution in [2.24, 2.45) is 11.8 Å². The minimum atomic E-state index is -3.55. The molecule has 1 aliphatic carbocycles. The molecule has 6 rings (SSSR count). The van der Waals surface area contributed by atoms with Gasteiger partial charge in [0.15, 0.2) is 0 Å². The van der Waals surface area contributed by atoms with Crippen molar-refractivity contribution in [3.8, 4) is 11.5 Å². The Labute approximate surface area is 255 Å². The Morgan fingerprint density at radius 3 is 2.35 bits per heavy atom. The minimum absolute atomic E-state index is 0. The average Bonchev–Trinajstić information content (AvgIpc) is 3.48. The van der Waals surface area contributed by atoms with Crippen molar-refractivity contribution in [3.63, 3.8) is 0 Å². The van der Waals surface area contributed by atoms with Gasteiger partial charge in [0.1, 0.15) is 11.6 Å². The summed E-state index contributed by atoms with van der Waals surface area (Å²) in [6.45, 7) is 4.62. The van der Waals surface area contributed by atoms with Gasteiger partial charge in [-0.2, -0.15) is 0 Å².